The molecule has 6 aromatic rings. The fraction of sp³-hybridized carbons (Fsp3) is 0.224. The van der Waals surface area contributed by atoms with Crippen LogP contribution in [0.3, 0.4) is 0 Å². The van der Waals surface area contributed by atoms with E-state index >= 15 is 0 Å². The van der Waals surface area contributed by atoms with E-state index in [9.17, 15) is 35.9 Å². The molecule has 0 saturated carbocycles. The minimum absolute atomic E-state index is 0.0103. The maximum Gasteiger partial charge on any atom is 0.416 e. The first kappa shape index (κ1) is 42.5. The Bertz CT molecular complexity index is 2880. The van der Waals surface area contributed by atoms with Crippen LogP contribution in [0.15, 0.2) is 119 Å². The Morgan fingerprint density at radius 1 is 0.571 bits per heavy atom. The quantitative estimate of drug-likeness (QED) is 0.0658. The van der Waals surface area contributed by atoms with Crippen LogP contribution in [-0.2, 0) is 21.9 Å². The fourth-order valence-electron chi connectivity index (χ4n) is 8.01. The monoisotopic (exact) mass is 860 g/mol. The first-order valence-corrected chi connectivity index (χ1v) is 20.3. The van der Waals surface area contributed by atoms with Crippen molar-refractivity contribution < 1.29 is 45.4 Å². The lowest BCUT2D eigenvalue weighted by atomic mass is 10.1. The zero-order valence-electron chi connectivity index (χ0n) is 33.8. The van der Waals surface area contributed by atoms with Crippen molar-refractivity contribution in [2.24, 2.45) is 9.98 Å². The topological polar surface area (TPSA) is 83.8 Å². The van der Waals surface area contributed by atoms with E-state index in [1.165, 1.54) is 21.9 Å². The van der Waals surface area contributed by atoms with E-state index in [0.29, 0.717) is 71.3 Å². The summed E-state index contributed by atoms with van der Waals surface area (Å²) in [6.45, 7) is 2.47. The zero-order valence-corrected chi connectivity index (χ0v) is 33.8. The van der Waals surface area contributed by atoms with Gasteiger partial charge in [-0.15, -0.1) is 6.42 Å². The predicted molar refractivity (Wildman–Crippen MR) is 232 cm³/mol. The van der Waals surface area contributed by atoms with E-state index in [1.807, 2.05) is 31.2 Å². The number of alkyl halides is 6. The molecule has 2 heterocycles. The van der Waals surface area contributed by atoms with Crippen LogP contribution in [0.2, 0.25) is 0 Å². The van der Waals surface area contributed by atoms with Gasteiger partial charge in [-0.2, -0.15) is 26.3 Å². The van der Waals surface area contributed by atoms with Gasteiger partial charge in [0.25, 0.3) is 11.8 Å². The molecule has 8 nitrogen and oxygen atoms in total. The van der Waals surface area contributed by atoms with Crippen LogP contribution >= 0.6 is 0 Å². The number of carbonyl (C=O) groups excluding carboxylic acids is 2. The summed E-state index contributed by atoms with van der Waals surface area (Å²) in [5.41, 5.74) is -0.249. The molecule has 2 aliphatic rings. The average molecular weight is 861 g/mol. The molecule has 0 fully saturated rings. The zero-order chi connectivity index (χ0) is 44.5. The Hall–Kier alpha value is -7.14. The van der Waals surface area contributed by atoms with E-state index in [4.69, 9.17) is 25.9 Å². The summed E-state index contributed by atoms with van der Waals surface area (Å²) in [6, 6.07) is 27.6. The molecule has 14 heteroatoms. The number of hydrogen-bond donors (Lipinski definition) is 0. The van der Waals surface area contributed by atoms with Gasteiger partial charge in [0.15, 0.2) is 0 Å². The van der Waals surface area contributed by atoms with Crippen LogP contribution in [0.5, 0.6) is 11.5 Å². The molecule has 0 N–H and O–H groups in total. The number of amides is 2. The molecule has 0 aromatic heterocycles. The van der Waals surface area contributed by atoms with Gasteiger partial charge < -0.3 is 19.3 Å². The summed E-state index contributed by atoms with van der Waals surface area (Å²) in [6.07, 6.45) is -2.19. The Labute approximate surface area is 358 Å². The fourth-order valence-corrected chi connectivity index (χ4v) is 8.01. The molecule has 63 heavy (non-hydrogen) atoms. The van der Waals surface area contributed by atoms with Crippen molar-refractivity contribution in [3.8, 4) is 23.8 Å². The normalized spacial score (nSPS) is 15.1. The standard InChI is InChI=1S/C49H38F6N4O4/c1-3-27-63-43-20-12-14-33-35(43)16-10-18-39(33)57-45-37-24-22-31(49(53,54)55)29-41(37)59(47(45)61)26-8-6-5-7-25-58-40-28-30(48(50,51)52)21-23-36(40)44(46(58)60)56-38-17-9-15-34-32(38)13-11-19-42(34)62-4-2/h1,9-24,28-29H,4-8,25-27H2,2H3/b56-44+,57-45+. The van der Waals surface area contributed by atoms with E-state index in [0.717, 1.165) is 29.7 Å². The van der Waals surface area contributed by atoms with Crippen LogP contribution in [0.1, 0.15) is 54.9 Å². The molecule has 0 aliphatic carbocycles. The highest BCUT2D eigenvalue weighted by molar-refractivity contribution is 6.55. The van der Waals surface area contributed by atoms with Crippen molar-refractivity contribution in [1.29, 1.82) is 0 Å². The van der Waals surface area contributed by atoms with Crippen molar-refractivity contribution in [3.05, 3.63) is 131 Å². The lowest BCUT2D eigenvalue weighted by Gasteiger charge is -2.19. The first-order chi connectivity index (χ1) is 30.3. The SMILES string of the molecule is C#CCOc1cccc2c(/N=C3/C(=O)N(CCCCCCN4C(=O)/C(=N/c5cccc6c(OCC)cccc56)c5ccc(C(F)(F)F)cc54)c4cc(C(F)(F)F)ccc43)cccc12. The molecule has 320 valence electrons. The van der Waals surface area contributed by atoms with Crippen LogP contribution in [0.25, 0.3) is 21.5 Å². The number of carbonyl (C=O) groups is 2. The van der Waals surface area contributed by atoms with Gasteiger partial charge in [-0.3, -0.25) is 9.59 Å². The molecule has 2 amide bonds. The Kier molecular flexibility index (Phi) is 11.7. The highest BCUT2D eigenvalue weighted by Crippen LogP contribution is 2.41. The van der Waals surface area contributed by atoms with Gasteiger partial charge in [0.1, 0.15) is 29.5 Å². The van der Waals surface area contributed by atoms with Crippen molar-refractivity contribution >= 4 is 67.5 Å². The molecule has 8 rings (SSSR count). The second kappa shape index (κ2) is 17.3. The lowest BCUT2D eigenvalue weighted by molar-refractivity contribution is -0.138. The number of benzene rings is 6. The number of nitrogens with zero attached hydrogens (tertiary/aromatic N) is 4. The summed E-state index contributed by atoms with van der Waals surface area (Å²) in [7, 11) is 0. The predicted octanol–water partition coefficient (Wildman–Crippen LogP) is 11.6. The van der Waals surface area contributed by atoms with Gasteiger partial charge in [-0.05, 0) is 80.4 Å². The molecule has 0 saturated heterocycles. The average Bonchev–Trinajstić information content (AvgIpc) is 3.67. The summed E-state index contributed by atoms with van der Waals surface area (Å²) in [5, 5.41) is 2.81. The number of halogens is 6. The van der Waals surface area contributed by atoms with Crippen molar-refractivity contribution in [2.75, 3.05) is 36.1 Å². The number of hydrogen-bond acceptors (Lipinski definition) is 6. The third-order valence-corrected chi connectivity index (χ3v) is 10.9. The molecule has 6 aromatic carbocycles. The second-order valence-corrected chi connectivity index (χ2v) is 14.9. The van der Waals surface area contributed by atoms with Gasteiger partial charge >= 0.3 is 12.4 Å². The van der Waals surface area contributed by atoms with Gasteiger partial charge in [0, 0.05) is 45.8 Å². The van der Waals surface area contributed by atoms with Crippen LogP contribution in [-0.4, -0.2) is 49.5 Å². The molecule has 0 bridgehead atoms. The van der Waals surface area contributed by atoms with Gasteiger partial charge in [-0.1, -0.05) is 67.3 Å². The smallest absolute Gasteiger partial charge is 0.416 e. The molecule has 0 spiro atoms. The van der Waals surface area contributed by atoms with Gasteiger partial charge in [0.2, 0.25) is 0 Å². The summed E-state index contributed by atoms with van der Waals surface area (Å²) in [5.74, 6) is 2.46. The highest BCUT2D eigenvalue weighted by Gasteiger charge is 2.40. The van der Waals surface area contributed by atoms with E-state index in [-0.39, 0.29) is 53.6 Å². The minimum atomic E-state index is -4.66. The molecular formula is C49H38F6N4O4. The number of ether oxygens (including phenoxy) is 2. The number of unbranched alkanes of at least 4 members (excludes halogenated alkanes) is 3. The van der Waals surface area contributed by atoms with Crippen LogP contribution in [0.4, 0.5) is 49.1 Å². The second-order valence-electron chi connectivity index (χ2n) is 14.9. The number of rotatable bonds is 13. The Morgan fingerprint density at radius 2 is 1.00 bits per heavy atom. The first-order valence-electron chi connectivity index (χ1n) is 20.3. The highest BCUT2D eigenvalue weighted by atomic mass is 19.4. The molecule has 2 aliphatic heterocycles. The van der Waals surface area contributed by atoms with E-state index in [1.54, 1.807) is 48.5 Å². The number of fused-ring (bicyclic) bond motifs is 4. The largest absolute Gasteiger partial charge is 0.493 e. The van der Waals surface area contributed by atoms with Crippen molar-refractivity contribution in [2.45, 2.75) is 45.0 Å². The lowest BCUT2D eigenvalue weighted by Crippen LogP contribution is -2.31. The van der Waals surface area contributed by atoms with Gasteiger partial charge in [-0.25, -0.2) is 9.98 Å². The van der Waals surface area contributed by atoms with E-state index in [2.05, 4.69) is 5.92 Å². The maximum atomic E-state index is 14.0. The molecule has 0 unspecified atom stereocenters. The van der Waals surface area contributed by atoms with Crippen LogP contribution in [0, 0.1) is 12.3 Å². The minimum Gasteiger partial charge on any atom is -0.493 e. The number of aliphatic imine (C=N–C) groups is 2. The molecule has 0 radical (unpaired) electrons. The summed E-state index contributed by atoms with van der Waals surface area (Å²) in [4.78, 5) is 40.1. The Balaban J connectivity index is 1.000. The molecular weight excluding hydrogens is 823 g/mol. The third kappa shape index (κ3) is 8.43. The van der Waals surface area contributed by atoms with E-state index < -0.39 is 35.3 Å². The summed E-state index contributed by atoms with van der Waals surface area (Å²) < 4.78 is 95.0. The summed E-state index contributed by atoms with van der Waals surface area (Å²) >= 11 is 0. The Morgan fingerprint density at radius 3 is 1.43 bits per heavy atom. The van der Waals surface area contributed by atoms with Crippen LogP contribution < -0.4 is 19.3 Å². The van der Waals surface area contributed by atoms with Gasteiger partial charge in [0.05, 0.1) is 40.5 Å². The maximum absolute atomic E-state index is 14.0. The number of terminal acetylenes is 1. The third-order valence-electron chi connectivity index (χ3n) is 10.9. The number of anilines is 2. The van der Waals surface area contributed by atoms with Crippen molar-refractivity contribution in [3.63, 3.8) is 0 Å². The van der Waals surface area contributed by atoms with Crippen molar-refractivity contribution in [1.82, 2.24) is 0 Å². The molecule has 0 atom stereocenters.